The Morgan fingerprint density at radius 2 is 1.75 bits per heavy atom. The Balaban J connectivity index is 1.77. The van der Waals surface area contributed by atoms with Crippen molar-refractivity contribution in [2.24, 2.45) is 0 Å². The lowest BCUT2D eigenvalue weighted by atomic mass is 9.97. The van der Waals surface area contributed by atoms with Gasteiger partial charge in [-0.25, -0.2) is 19.5 Å². The maximum atomic E-state index is 13.2. The van der Waals surface area contributed by atoms with Crippen molar-refractivity contribution in [3.63, 3.8) is 0 Å². The predicted molar refractivity (Wildman–Crippen MR) is 140 cm³/mol. The van der Waals surface area contributed by atoms with Crippen LogP contribution in [0.15, 0.2) is 73.1 Å². The Labute approximate surface area is 211 Å². The highest BCUT2D eigenvalue weighted by molar-refractivity contribution is 7.98. The Morgan fingerprint density at radius 3 is 2.44 bits per heavy atom. The number of hydrogen-bond acceptors (Lipinski definition) is 5. The van der Waals surface area contributed by atoms with Gasteiger partial charge in [0.25, 0.3) is 5.91 Å². The number of carboxylic acids is 1. The predicted octanol–water partition coefficient (Wildman–Crippen LogP) is 4.98. The number of carbonyl (C=O) groups is 3. The van der Waals surface area contributed by atoms with Crippen LogP contribution in [-0.4, -0.2) is 56.2 Å². The van der Waals surface area contributed by atoms with Gasteiger partial charge in [0.15, 0.2) is 0 Å². The molecule has 2 amide bonds. The van der Waals surface area contributed by atoms with Gasteiger partial charge in [-0.05, 0) is 66.0 Å². The quantitative estimate of drug-likeness (QED) is 0.252. The van der Waals surface area contributed by atoms with E-state index in [0.29, 0.717) is 33.8 Å². The number of thioether (sulfide) groups is 1. The van der Waals surface area contributed by atoms with Gasteiger partial charge in [0.2, 0.25) is 0 Å². The number of aromatic amines is 1. The molecule has 0 unspecified atom stereocenters. The summed E-state index contributed by atoms with van der Waals surface area (Å²) in [4.78, 5) is 45.5. The first kappa shape index (κ1) is 24.8. The molecule has 0 fully saturated rings. The molecule has 0 radical (unpaired) electrons. The number of H-pyrrole nitrogens is 1. The fraction of sp³-hybridized carbons (Fsp3) is 0.154. The van der Waals surface area contributed by atoms with Crippen LogP contribution in [0.4, 0.5) is 16.2 Å². The molecule has 0 aliphatic heterocycles. The summed E-state index contributed by atoms with van der Waals surface area (Å²) in [6.07, 6.45) is 2.47. The summed E-state index contributed by atoms with van der Waals surface area (Å²) in [7, 11) is 0. The summed E-state index contributed by atoms with van der Waals surface area (Å²) in [5.41, 5.74) is 3.51. The Hall–Kier alpha value is -4.31. The van der Waals surface area contributed by atoms with Crippen molar-refractivity contribution in [1.82, 2.24) is 15.3 Å². The second-order valence-electron chi connectivity index (χ2n) is 7.96. The number of nitrogens with one attached hydrogen (secondary N) is 2. The maximum Gasteiger partial charge on any atom is 0.416 e. The van der Waals surface area contributed by atoms with Gasteiger partial charge in [0.05, 0.1) is 28.7 Å². The van der Waals surface area contributed by atoms with E-state index in [4.69, 9.17) is 0 Å². The number of amides is 2. The second kappa shape index (κ2) is 11.0. The molecule has 0 aliphatic carbocycles. The average molecular weight is 505 g/mol. The van der Waals surface area contributed by atoms with Crippen LogP contribution in [0.3, 0.4) is 0 Å². The molecule has 3 aromatic carbocycles. The molecule has 0 saturated carbocycles. The van der Waals surface area contributed by atoms with Crippen LogP contribution in [0.5, 0.6) is 0 Å². The van der Waals surface area contributed by atoms with E-state index in [2.05, 4.69) is 15.3 Å². The SMILES string of the molecule is CSCC[C@H](NC(=O)c1ccc(N(C(=O)O)c2ccc3[nH]cnc3c2)cc1-c1ccccc1)C(=O)O. The number of fused-ring (bicyclic) bond motifs is 1. The number of anilines is 2. The lowest BCUT2D eigenvalue weighted by Crippen LogP contribution is -2.41. The molecule has 0 bridgehead atoms. The maximum absolute atomic E-state index is 13.2. The average Bonchev–Trinajstić information content (AvgIpc) is 3.35. The lowest BCUT2D eigenvalue weighted by Gasteiger charge is -2.22. The number of aromatic nitrogens is 2. The molecule has 184 valence electrons. The Kier molecular flexibility index (Phi) is 7.55. The monoisotopic (exact) mass is 504 g/mol. The molecule has 0 spiro atoms. The number of carboxylic acid groups (broad SMARTS) is 2. The van der Waals surface area contributed by atoms with Crippen molar-refractivity contribution >= 4 is 52.1 Å². The minimum atomic E-state index is -1.20. The summed E-state index contributed by atoms with van der Waals surface area (Å²) >= 11 is 1.50. The van der Waals surface area contributed by atoms with Crippen molar-refractivity contribution in [3.8, 4) is 11.1 Å². The lowest BCUT2D eigenvalue weighted by molar-refractivity contribution is -0.139. The molecule has 4 rings (SSSR count). The first-order valence-electron chi connectivity index (χ1n) is 11.1. The Morgan fingerprint density at radius 1 is 1.03 bits per heavy atom. The smallest absolute Gasteiger partial charge is 0.416 e. The van der Waals surface area contributed by atoms with E-state index in [9.17, 15) is 24.6 Å². The van der Waals surface area contributed by atoms with E-state index in [1.54, 1.807) is 36.4 Å². The highest BCUT2D eigenvalue weighted by Gasteiger charge is 2.24. The zero-order valence-corrected chi connectivity index (χ0v) is 20.2. The van der Waals surface area contributed by atoms with Crippen LogP contribution in [0.1, 0.15) is 16.8 Å². The molecule has 0 aliphatic rings. The molecule has 1 heterocycles. The molecule has 4 aromatic rings. The Bertz CT molecular complexity index is 1410. The van der Waals surface area contributed by atoms with Crippen LogP contribution in [0.2, 0.25) is 0 Å². The summed E-state index contributed by atoms with van der Waals surface area (Å²) in [5.74, 6) is -1.08. The number of carbonyl (C=O) groups excluding carboxylic acids is 1. The van der Waals surface area contributed by atoms with Crippen LogP contribution in [0.25, 0.3) is 22.2 Å². The minimum Gasteiger partial charge on any atom is -0.480 e. The van der Waals surface area contributed by atoms with Crippen molar-refractivity contribution in [2.75, 3.05) is 16.9 Å². The molecule has 1 aromatic heterocycles. The fourth-order valence-electron chi connectivity index (χ4n) is 3.88. The zero-order chi connectivity index (χ0) is 25.7. The van der Waals surface area contributed by atoms with Gasteiger partial charge in [-0.15, -0.1) is 0 Å². The van der Waals surface area contributed by atoms with Crippen molar-refractivity contribution < 1.29 is 24.6 Å². The van der Waals surface area contributed by atoms with Crippen LogP contribution in [-0.2, 0) is 4.79 Å². The van der Waals surface area contributed by atoms with Crippen molar-refractivity contribution in [2.45, 2.75) is 12.5 Å². The first-order valence-corrected chi connectivity index (χ1v) is 12.5. The van der Waals surface area contributed by atoms with Crippen LogP contribution < -0.4 is 10.2 Å². The van der Waals surface area contributed by atoms with E-state index < -0.39 is 24.0 Å². The number of hydrogen-bond donors (Lipinski definition) is 4. The van der Waals surface area contributed by atoms with Gasteiger partial charge in [-0.3, -0.25) is 4.79 Å². The summed E-state index contributed by atoms with van der Waals surface area (Å²) in [6, 6.07) is 17.8. The molecule has 10 heteroatoms. The second-order valence-corrected chi connectivity index (χ2v) is 8.95. The van der Waals surface area contributed by atoms with Gasteiger partial charge in [0, 0.05) is 5.56 Å². The standard InChI is InChI=1S/C26H24N4O5S/c1-36-12-11-22(25(32)33)29-24(31)19-9-7-17(13-20(19)16-5-3-2-4-6-16)30(26(34)35)18-8-10-21-23(14-18)28-15-27-21/h2-10,13-15,22H,11-12H2,1H3,(H,27,28)(H,29,31)(H,32,33)(H,34,35)/t22-/m0/s1. The van der Waals surface area contributed by atoms with Crippen LogP contribution in [0, 0.1) is 0 Å². The topological polar surface area (TPSA) is 136 Å². The minimum absolute atomic E-state index is 0.244. The van der Waals surface area contributed by atoms with Gasteiger partial charge >= 0.3 is 12.1 Å². The van der Waals surface area contributed by atoms with Gasteiger partial charge in [-0.1, -0.05) is 30.3 Å². The number of aliphatic carboxylic acids is 1. The van der Waals surface area contributed by atoms with E-state index in [1.807, 2.05) is 24.5 Å². The van der Waals surface area contributed by atoms with Crippen molar-refractivity contribution in [3.05, 3.63) is 78.6 Å². The normalized spacial score (nSPS) is 11.7. The number of imidazole rings is 1. The third-order valence-corrected chi connectivity index (χ3v) is 6.30. The number of benzene rings is 3. The fourth-order valence-corrected chi connectivity index (χ4v) is 4.36. The molecule has 1 atom stereocenters. The summed E-state index contributed by atoms with van der Waals surface area (Å²) in [6.45, 7) is 0. The molecule has 0 saturated heterocycles. The number of rotatable bonds is 9. The first-order chi connectivity index (χ1) is 17.4. The largest absolute Gasteiger partial charge is 0.480 e. The molecule has 9 nitrogen and oxygen atoms in total. The molecular formula is C26H24N4O5S. The zero-order valence-electron chi connectivity index (χ0n) is 19.3. The van der Waals surface area contributed by atoms with E-state index in [0.717, 1.165) is 10.4 Å². The third kappa shape index (κ3) is 5.33. The van der Waals surface area contributed by atoms with Gasteiger partial charge < -0.3 is 20.5 Å². The molecular weight excluding hydrogens is 480 g/mol. The highest BCUT2D eigenvalue weighted by atomic mass is 32.2. The van der Waals surface area contributed by atoms with E-state index in [-0.39, 0.29) is 12.0 Å². The van der Waals surface area contributed by atoms with Gasteiger partial charge in [-0.2, -0.15) is 11.8 Å². The third-order valence-electron chi connectivity index (χ3n) is 5.66. The van der Waals surface area contributed by atoms with Crippen LogP contribution >= 0.6 is 11.8 Å². The summed E-state index contributed by atoms with van der Waals surface area (Å²) in [5, 5.41) is 22.2. The number of nitrogens with zero attached hydrogens (tertiary/aromatic N) is 2. The summed E-state index contributed by atoms with van der Waals surface area (Å²) < 4.78 is 0. The molecule has 36 heavy (non-hydrogen) atoms. The molecule has 4 N–H and O–H groups in total. The van der Waals surface area contributed by atoms with Crippen molar-refractivity contribution in [1.29, 1.82) is 0 Å². The highest BCUT2D eigenvalue weighted by Crippen LogP contribution is 2.33. The van der Waals surface area contributed by atoms with E-state index >= 15 is 0 Å². The van der Waals surface area contributed by atoms with E-state index in [1.165, 1.54) is 30.2 Å². The van der Waals surface area contributed by atoms with Gasteiger partial charge in [0.1, 0.15) is 6.04 Å².